The molecule has 0 aromatic carbocycles. The van der Waals surface area contributed by atoms with Gasteiger partial charge in [-0.1, -0.05) is 11.6 Å². The molecule has 1 atom stereocenters. The molecule has 6 nitrogen and oxygen atoms in total. The molecule has 3 amide bonds. The van der Waals surface area contributed by atoms with E-state index in [4.69, 9.17) is 11.6 Å². The van der Waals surface area contributed by atoms with Crippen molar-refractivity contribution in [2.45, 2.75) is 18.9 Å². The van der Waals surface area contributed by atoms with Gasteiger partial charge >= 0.3 is 6.03 Å². The summed E-state index contributed by atoms with van der Waals surface area (Å²) in [7, 11) is 0. The summed E-state index contributed by atoms with van der Waals surface area (Å²) in [5, 5.41) is 7.45. The van der Waals surface area contributed by atoms with Crippen molar-refractivity contribution >= 4 is 29.4 Å². The fourth-order valence-electron chi connectivity index (χ4n) is 1.72. The van der Waals surface area contributed by atoms with Crippen molar-refractivity contribution in [2.75, 3.05) is 11.9 Å². The Morgan fingerprint density at radius 2 is 2.37 bits per heavy atom. The first-order valence-electron chi connectivity index (χ1n) is 5.72. The number of piperidine rings is 1. The second-order valence-electron chi connectivity index (χ2n) is 4.07. The highest BCUT2D eigenvalue weighted by molar-refractivity contribution is 6.30. The highest BCUT2D eigenvalue weighted by Crippen LogP contribution is 2.15. The van der Waals surface area contributed by atoms with Crippen molar-refractivity contribution in [3.8, 4) is 0 Å². The van der Waals surface area contributed by atoms with Gasteiger partial charge in [0.25, 0.3) is 0 Å². The zero-order valence-electron chi connectivity index (χ0n) is 9.87. The van der Waals surface area contributed by atoms with E-state index in [1.54, 1.807) is 0 Å². The topological polar surface area (TPSA) is 83.1 Å². The van der Waals surface area contributed by atoms with Gasteiger partial charge in [0.05, 0.1) is 5.02 Å². The molecule has 8 heteroatoms. The van der Waals surface area contributed by atoms with Gasteiger partial charge in [-0.25, -0.2) is 14.2 Å². The molecule has 102 valence electrons. The van der Waals surface area contributed by atoms with E-state index in [1.807, 2.05) is 0 Å². The molecular formula is C11H12ClFN4O2. The van der Waals surface area contributed by atoms with E-state index in [9.17, 15) is 14.0 Å². The molecule has 2 rings (SSSR count). The van der Waals surface area contributed by atoms with Crippen LogP contribution in [0, 0.1) is 5.82 Å². The number of amides is 3. The smallest absolute Gasteiger partial charge is 0.321 e. The van der Waals surface area contributed by atoms with Crippen LogP contribution in [-0.2, 0) is 4.79 Å². The number of anilines is 1. The Bertz CT molecular complexity index is 511. The van der Waals surface area contributed by atoms with Crippen molar-refractivity contribution in [3.05, 3.63) is 23.1 Å². The van der Waals surface area contributed by atoms with Gasteiger partial charge < -0.3 is 10.6 Å². The molecular weight excluding hydrogens is 275 g/mol. The third kappa shape index (κ3) is 3.54. The zero-order valence-corrected chi connectivity index (χ0v) is 10.6. The minimum absolute atomic E-state index is 0.134. The third-order valence-electron chi connectivity index (χ3n) is 2.63. The number of hydrogen-bond donors (Lipinski definition) is 3. The predicted octanol–water partition coefficient (Wildman–Crippen LogP) is 1.27. The fraction of sp³-hybridized carbons (Fsp3) is 0.364. The Morgan fingerprint density at radius 3 is 3.05 bits per heavy atom. The monoisotopic (exact) mass is 286 g/mol. The first kappa shape index (κ1) is 13.5. The van der Waals surface area contributed by atoms with Crippen LogP contribution in [0.15, 0.2) is 12.3 Å². The molecule has 0 bridgehead atoms. The van der Waals surface area contributed by atoms with Crippen molar-refractivity contribution in [1.82, 2.24) is 15.6 Å². The number of hydrogen-bond acceptors (Lipinski definition) is 3. The molecule has 0 radical (unpaired) electrons. The third-order valence-corrected chi connectivity index (χ3v) is 2.84. The van der Waals surface area contributed by atoms with Crippen LogP contribution in [0.5, 0.6) is 0 Å². The second-order valence-corrected chi connectivity index (χ2v) is 4.50. The maximum Gasteiger partial charge on any atom is 0.321 e. The van der Waals surface area contributed by atoms with Crippen LogP contribution in [0.3, 0.4) is 0 Å². The number of carbonyl (C=O) groups is 2. The van der Waals surface area contributed by atoms with Crippen LogP contribution in [0.25, 0.3) is 0 Å². The SMILES string of the molecule is O=C(Nc1ncc(Cl)cc1F)NC1CCCNC1=O. The molecule has 0 aliphatic carbocycles. The molecule has 1 unspecified atom stereocenters. The molecule has 1 aliphatic rings. The first-order chi connectivity index (χ1) is 9.06. The summed E-state index contributed by atoms with van der Waals surface area (Å²) < 4.78 is 13.4. The summed E-state index contributed by atoms with van der Waals surface area (Å²) in [5.41, 5.74) is 0. The van der Waals surface area contributed by atoms with Gasteiger partial charge in [-0.15, -0.1) is 0 Å². The van der Waals surface area contributed by atoms with Gasteiger partial charge in [-0.3, -0.25) is 10.1 Å². The average molecular weight is 287 g/mol. The lowest BCUT2D eigenvalue weighted by Gasteiger charge is -2.22. The average Bonchev–Trinajstić information content (AvgIpc) is 2.36. The fourth-order valence-corrected chi connectivity index (χ4v) is 1.86. The number of nitrogens with one attached hydrogen (secondary N) is 3. The number of pyridine rings is 1. The Labute approximate surface area is 113 Å². The predicted molar refractivity (Wildman–Crippen MR) is 67.4 cm³/mol. The Morgan fingerprint density at radius 1 is 1.58 bits per heavy atom. The van der Waals surface area contributed by atoms with E-state index in [0.29, 0.717) is 13.0 Å². The number of carbonyl (C=O) groups excluding carboxylic acids is 2. The van der Waals surface area contributed by atoms with Gasteiger partial charge in [0, 0.05) is 12.7 Å². The summed E-state index contributed by atoms with van der Waals surface area (Å²) in [4.78, 5) is 26.7. The lowest BCUT2D eigenvalue weighted by molar-refractivity contribution is -0.124. The Hall–Kier alpha value is -1.89. The standard InChI is InChI=1S/C11H12ClFN4O2/c12-6-4-7(13)9(15-5-6)17-11(19)16-8-2-1-3-14-10(8)18/h4-5,8H,1-3H2,(H,14,18)(H2,15,16,17,19). The van der Waals surface area contributed by atoms with Gasteiger partial charge in [0.15, 0.2) is 11.6 Å². The van der Waals surface area contributed by atoms with E-state index < -0.39 is 17.9 Å². The van der Waals surface area contributed by atoms with Gasteiger partial charge in [-0.05, 0) is 18.9 Å². The van der Waals surface area contributed by atoms with E-state index in [2.05, 4.69) is 20.9 Å². The van der Waals surface area contributed by atoms with E-state index in [-0.39, 0.29) is 16.7 Å². The lowest BCUT2D eigenvalue weighted by Crippen LogP contribution is -2.51. The maximum atomic E-state index is 13.4. The minimum Gasteiger partial charge on any atom is -0.354 e. The van der Waals surface area contributed by atoms with E-state index in [1.165, 1.54) is 6.20 Å². The normalized spacial score (nSPS) is 18.6. The number of halogens is 2. The van der Waals surface area contributed by atoms with Crippen molar-refractivity contribution in [1.29, 1.82) is 0 Å². The van der Waals surface area contributed by atoms with Crippen LogP contribution in [0.4, 0.5) is 15.0 Å². The second kappa shape index (κ2) is 5.83. The number of nitrogens with zero attached hydrogens (tertiary/aromatic N) is 1. The number of rotatable bonds is 2. The molecule has 19 heavy (non-hydrogen) atoms. The molecule has 1 aromatic heterocycles. The van der Waals surface area contributed by atoms with E-state index in [0.717, 1.165) is 12.5 Å². The van der Waals surface area contributed by atoms with Crippen LogP contribution >= 0.6 is 11.6 Å². The van der Waals surface area contributed by atoms with Crippen molar-refractivity contribution in [3.63, 3.8) is 0 Å². The highest BCUT2D eigenvalue weighted by atomic mass is 35.5. The summed E-state index contributed by atoms with van der Waals surface area (Å²) in [5.74, 6) is -1.22. The van der Waals surface area contributed by atoms with Gasteiger partial charge in [0.2, 0.25) is 5.91 Å². The first-order valence-corrected chi connectivity index (χ1v) is 6.10. The summed E-state index contributed by atoms with van der Waals surface area (Å²) in [6, 6.07) is -0.253. The molecule has 2 heterocycles. The largest absolute Gasteiger partial charge is 0.354 e. The highest BCUT2D eigenvalue weighted by Gasteiger charge is 2.23. The zero-order chi connectivity index (χ0) is 13.8. The van der Waals surface area contributed by atoms with Gasteiger partial charge in [-0.2, -0.15) is 0 Å². The lowest BCUT2D eigenvalue weighted by atomic mass is 10.1. The summed E-state index contributed by atoms with van der Waals surface area (Å²) in [6.45, 7) is 0.603. The molecule has 1 aliphatic heterocycles. The summed E-state index contributed by atoms with van der Waals surface area (Å²) >= 11 is 5.54. The van der Waals surface area contributed by atoms with Crippen LogP contribution < -0.4 is 16.0 Å². The van der Waals surface area contributed by atoms with Crippen LogP contribution in [0.1, 0.15) is 12.8 Å². The Kier molecular flexibility index (Phi) is 4.16. The molecule has 1 saturated heterocycles. The summed E-state index contributed by atoms with van der Waals surface area (Å²) in [6.07, 6.45) is 2.55. The van der Waals surface area contributed by atoms with Gasteiger partial charge in [0.1, 0.15) is 6.04 Å². The van der Waals surface area contributed by atoms with E-state index >= 15 is 0 Å². The van der Waals surface area contributed by atoms with Crippen molar-refractivity contribution in [2.24, 2.45) is 0 Å². The molecule has 1 fully saturated rings. The van der Waals surface area contributed by atoms with Crippen LogP contribution in [0.2, 0.25) is 5.02 Å². The molecule has 1 aromatic rings. The number of aromatic nitrogens is 1. The van der Waals surface area contributed by atoms with Crippen molar-refractivity contribution < 1.29 is 14.0 Å². The molecule has 3 N–H and O–H groups in total. The molecule has 0 saturated carbocycles. The Balaban J connectivity index is 1.95. The molecule has 0 spiro atoms. The van der Waals surface area contributed by atoms with Crippen LogP contribution in [-0.4, -0.2) is 29.5 Å². The number of urea groups is 1. The quantitative estimate of drug-likeness (QED) is 0.766. The minimum atomic E-state index is -0.740. The maximum absolute atomic E-state index is 13.4.